The summed E-state index contributed by atoms with van der Waals surface area (Å²) in [5, 5.41) is 7.09. The summed E-state index contributed by atoms with van der Waals surface area (Å²) in [6.07, 6.45) is 0.673. The van der Waals surface area contributed by atoms with Crippen molar-refractivity contribution in [3.8, 4) is 10.6 Å². The first-order chi connectivity index (χ1) is 15.0. The van der Waals surface area contributed by atoms with E-state index in [0.29, 0.717) is 23.8 Å². The van der Waals surface area contributed by atoms with E-state index < -0.39 is 15.9 Å². The molecule has 0 saturated heterocycles. The van der Waals surface area contributed by atoms with Crippen molar-refractivity contribution >= 4 is 49.4 Å². The molecule has 0 unspecified atom stereocenters. The zero-order valence-electron chi connectivity index (χ0n) is 16.2. The van der Waals surface area contributed by atoms with Gasteiger partial charge in [0.15, 0.2) is 5.13 Å². The van der Waals surface area contributed by atoms with E-state index in [1.165, 1.54) is 27.8 Å². The van der Waals surface area contributed by atoms with Crippen LogP contribution in [-0.2, 0) is 16.4 Å². The Balaban J connectivity index is 1.38. The average Bonchev–Trinajstić information content (AvgIpc) is 3.54. The molecule has 1 aliphatic heterocycles. The molecule has 156 valence electrons. The minimum Gasteiger partial charge on any atom is -0.298 e. The first kappa shape index (κ1) is 19.9. The van der Waals surface area contributed by atoms with Crippen LogP contribution in [0, 0.1) is 0 Å². The van der Waals surface area contributed by atoms with Gasteiger partial charge in [-0.15, -0.1) is 22.7 Å². The number of nitrogens with zero attached hydrogens (tertiary/aromatic N) is 2. The first-order valence-corrected chi connectivity index (χ1v) is 12.7. The van der Waals surface area contributed by atoms with Crippen LogP contribution in [0.3, 0.4) is 0 Å². The number of nitrogens with one attached hydrogen (secondary N) is 1. The topological polar surface area (TPSA) is 79.4 Å². The van der Waals surface area contributed by atoms with Crippen molar-refractivity contribution in [3.05, 3.63) is 82.6 Å². The van der Waals surface area contributed by atoms with Gasteiger partial charge in [-0.3, -0.25) is 14.4 Å². The quantitative estimate of drug-likeness (QED) is 0.454. The fraction of sp³-hybridized carbons (Fsp3) is 0.0909. The zero-order valence-corrected chi connectivity index (χ0v) is 18.6. The molecule has 0 spiro atoms. The number of carbonyl (C=O) groups is 1. The number of hydrogen-bond donors (Lipinski definition) is 1. The van der Waals surface area contributed by atoms with E-state index in [9.17, 15) is 13.2 Å². The molecule has 1 N–H and O–H groups in total. The van der Waals surface area contributed by atoms with E-state index in [2.05, 4.69) is 10.3 Å². The van der Waals surface area contributed by atoms with Crippen molar-refractivity contribution in [2.75, 3.05) is 16.2 Å². The Morgan fingerprint density at radius 3 is 2.74 bits per heavy atom. The van der Waals surface area contributed by atoms with Gasteiger partial charge in [0.25, 0.3) is 15.9 Å². The number of anilines is 2. The third-order valence-electron chi connectivity index (χ3n) is 5.03. The third kappa shape index (κ3) is 3.76. The van der Waals surface area contributed by atoms with Crippen LogP contribution in [0.15, 0.2) is 76.3 Å². The normalized spacial score (nSPS) is 13.2. The molecule has 5 rings (SSSR count). The number of benzene rings is 2. The van der Waals surface area contributed by atoms with Crippen molar-refractivity contribution in [3.63, 3.8) is 0 Å². The van der Waals surface area contributed by atoms with Crippen LogP contribution in [0.2, 0.25) is 0 Å². The zero-order chi connectivity index (χ0) is 21.4. The highest BCUT2D eigenvalue weighted by atomic mass is 32.2. The maximum atomic E-state index is 13.3. The van der Waals surface area contributed by atoms with Crippen molar-refractivity contribution in [2.45, 2.75) is 11.3 Å². The van der Waals surface area contributed by atoms with E-state index >= 15 is 0 Å². The lowest BCUT2D eigenvalue weighted by Crippen LogP contribution is -2.29. The Bertz CT molecular complexity index is 1360. The lowest BCUT2D eigenvalue weighted by atomic mass is 10.2. The van der Waals surface area contributed by atoms with Crippen LogP contribution in [-0.4, -0.2) is 25.9 Å². The van der Waals surface area contributed by atoms with Gasteiger partial charge in [-0.05, 0) is 47.7 Å². The van der Waals surface area contributed by atoms with Gasteiger partial charge in [0.2, 0.25) is 0 Å². The number of sulfonamides is 1. The van der Waals surface area contributed by atoms with Crippen molar-refractivity contribution in [1.82, 2.24) is 4.98 Å². The number of amides is 1. The van der Waals surface area contributed by atoms with E-state index in [1.807, 2.05) is 47.2 Å². The number of rotatable bonds is 5. The van der Waals surface area contributed by atoms with Gasteiger partial charge in [0, 0.05) is 17.5 Å². The van der Waals surface area contributed by atoms with Crippen LogP contribution in [0.4, 0.5) is 10.8 Å². The Kier molecular flexibility index (Phi) is 5.09. The van der Waals surface area contributed by atoms with Gasteiger partial charge in [-0.25, -0.2) is 13.4 Å². The molecule has 0 radical (unpaired) electrons. The maximum absolute atomic E-state index is 13.3. The van der Waals surface area contributed by atoms with Gasteiger partial charge in [-0.1, -0.05) is 30.3 Å². The molecule has 0 saturated carbocycles. The molecule has 3 heterocycles. The third-order valence-corrected chi connectivity index (χ3v) is 8.49. The highest BCUT2D eigenvalue weighted by Crippen LogP contribution is 2.33. The lowest BCUT2D eigenvalue weighted by Gasteiger charge is -2.19. The molecule has 0 fully saturated rings. The summed E-state index contributed by atoms with van der Waals surface area (Å²) in [6.45, 7) is 0.392. The SMILES string of the molecule is O=C(Nc1nc(-c2cccs2)cs1)c1cccc(S(=O)(=O)N2CCc3ccccc32)c1. The van der Waals surface area contributed by atoms with E-state index in [4.69, 9.17) is 0 Å². The van der Waals surface area contributed by atoms with Crippen LogP contribution >= 0.6 is 22.7 Å². The van der Waals surface area contributed by atoms with Crippen molar-refractivity contribution < 1.29 is 13.2 Å². The molecular formula is C22H17N3O3S3. The standard InChI is InChI=1S/C22H17N3O3S3/c26-21(24-22-23-18(14-30-22)20-9-4-12-29-20)16-6-3-7-17(13-16)31(27,28)25-11-10-15-5-1-2-8-19(15)25/h1-9,12-14H,10-11H2,(H,23,24,26). The molecule has 2 aromatic carbocycles. The molecule has 9 heteroatoms. The monoisotopic (exact) mass is 467 g/mol. The van der Waals surface area contributed by atoms with E-state index in [1.54, 1.807) is 23.5 Å². The van der Waals surface area contributed by atoms with Gasteiger partial charge >= 0.3 is 0 Å². The molecular weight excluding hydrogens is 450 g/mol. The van der Waals surface area contributed by atoms with Crippen LogP contribution in [0.5, 0.6) is 0 Å². The van der Waals surface area contributed by atoms with Crippen molar-refractivity contribution in [1.29, 1.82) is 0 Å². The summed E-state index contributed by atoms with van der Waals surface area (Å²) in [7, 11) is -3.76. The summed E-state index contributed by atoms with van der Waals surface area (Å²) in [5.74, 6) is -0.397. The minimum atomic E-state index is -3.76. The Hall–Kier alpha value is -3.01. The summed E-state index contributed by atoms with van der Waals surface area (Å²) in [6, 6.07) is 17.5. The molecule has 0 atom stereocenters. The number of hydrogen-bond acceptors (Lipinski definition) is 6. The number of fused-ring (bicyclic) bond motifs is 1. The Labute approximate surface area is 187 Å². The van der Waals surface area contributed by atoms with Gasteiger partial charge < -0.3 is 0 Å². The van der Waals surface area contributed by atoms with Gasteiger partial charge in [0.1, 0.15) is 0 Å². The van der Waals surface area contributed by atoms with Gasteiger partial charge in [-0.2, -0.15) is 0 Å². The fourth-order valence-electron chi connectivity index (χ4n) is 3.52. The van der Waals surface area contributed by atoms with Crippen LogP contribution < -0.4 is 9.62 Å². The molecule has 4 aromatic rings. The second-order valence-electron chi connectivity index (χ2n) is 6.95. The largest absolute Gasteiger partial charge is 0.298 e. The highest BCUT2D eigenvalue weighted by molar-refractivity contribution is 7.92. The number of carbonyl (C=O) groups excluding carboxylic acids is 1. The van der Waals surface area contributed by atoms with Crippen molar-refractivity contribution in [2.24, 2.45) is 0 Å². The van der Waals surface area contributed by atoms with Crippen LogP contribution in [0.1, 0.15) is 15.9 Å². The minimum absolute atomic E-state index is 0.0928. The maximum Gasteiger partial charge on any atom is 0.264 e. The molecule has 0 aliphatic carbocycles. The predicted octanol–water partition coefficient (Wildman–Crippen LogP) is 4.88. The fourth-order valence-corrected chi connectivity index (χ4v) is 6.54. The number of thiophene rings is 1. The second-order valence-corrected chi connectivity index (χ2v) is 10.6. The van der Waals surface area contributed by atoms with Gasteiger partial charge in [0.05, 0.1) is 21.2 Å². The molecule has 1 amide bonds. The Morgan fingerprint density at radius 1 is 1.03 bits per heavy atom. The second kappa shape index (κ2) is 7.92. The summed E-state index contributed by atoms with van der Waals surface area (Å²) in [5.41, 5.74) is 2.77. The summed E-state index contributed by atoms with van der Waals surface area (Å²) < 4.78 is 27.9. The summed E-state index contributed by atoms with van der Waals surface area (Å²) in [4.78, 5) is 18.3. The Morgan fingerprint density at radius 2 is 1.90 bits per heavy atom. The predicted molar refractivity (Wildman–Crippen MR) is 125 cm³/mol. The first-order valence-electron chi connectivity index (χ1n) is 9.54. The molecule has 0 bridgehead atoms. The number of thiazole rings is 1. The highest BCUT2D eigenvalue weighted by Gasteiger charge is 2.31. The molecule has 31 heavy (non-hydrogen) atoms. The number of para-hydroxylation sites is 1. The molecule has 2 aromatic heterocycles. The molecule has 1 aliphatic rings. The number of aromatic nitrogens is 1. The lowest BCUT2D eigenvalue weighted by molar-refractivity contribution is 0.102. The average molecular weight is 468 g/mol. The summed E-state index contributed by atoms with van der Waals surface area (Å²) >= 11 is 2.91. The van der Waals surface area contributed by atoms with E-state index in [-0.39, 0.29) is 10.5 Å². The molecule has 6 nitrogen and oxygen atoms in total. The van der Waals surface area contributed by atoms with Crippen LogP contribution in [0.25, 0.3) is 10.6 Å². The smallest absolute Gasteiger partial charge is 0.264 e. The van der Waals surface area contributed by atoms with E-state index in [0.717, 1.165) is 16.1 Å².